The third-order valence-electron chi connectivity index (χ3n) is 8.91. The second-order valence-electron chi connectivity index (χ2n) is 11.0. The van der Waals surface area contributed by atoms with E-state index in [1.165, 1.54) is 18.7 Å². The van der Waals surface area contributed by atoms with Gasteiger partial charge in [0.25, 0.3) is 5.91 Å². The molecule has 35 heavy (non-hydrogen) atoms. The maximum absolute atomic E-state index is 13.0. The highest BCUT2D eigenvalue weighted by Crippen LogP contribution is 2.55. The summed E-state index contributed by atoms with van der Waals surface area (Å²) in [6, 6.07) is -0.0353. The fourth-order valence-corrected chi connectivity index (χ4v) is 6.68. The molecule has 3 aliphatic rings. The Labute approximate surface area is 208 Å². The van der Waals surface area contributed by atoms with Crippen LogP contribution in [0.2, 0.25) is 0 Å². The molecule has 1 aromatic rings. The standard InChI is InChI=1S/C26H41N5O4/c1-17(24(33)29-8-9-31-10-12-35-13-11-31)20-4-6-26(3)7-5-21(18(2)22(26)23(20)32)30-25(34)19-14-27-16-28-15-19/h14-18,20-23,32H,4-13H2,1-3H3,(H,29,33)(H,30,34)/t17-,18-,20+,21-,22+,23-,26+/m0/s1. The molecule has 9 heteroatoms. The number of morpholine rings is 1. The molecule has 3 fully saturated rings. The lowest BCUT2D eigenvalue weighted by Crippen LogP contribution is -2.58. The molecule has 0 radical (unpaired) electrons. The van der Waals surface area contributed by atoms with Crippen molar-refractivity contribution in [1.29, 1.82) is 0 Å². The van der Waals surface area contributed by atoms with E-state index in [1.807, 2.05) is 6.92 Å². The van der Waals surface area contributed by atoms with Gasteiger partial charge in [-0.05, 0) is 48.9 Å². The number of rotatable bonds is 7. The van der Waals surface area contributed by atoms with Crippen molar-refractivity contribution in [2.45, 2.75) is 58.6 Å². The number of aliphatic hydroxyl groups is 1. The highest BCUT2D eigenvalue weighted by molar-refractivity contribution is 5.93. The number of hydrogen-bond acceptors (Lipinski definition) is 7. The third kappa shape index (κ3) is 5.84. The summed E-state index contributed by atoms with van der Waals surface area (Å²) in [5.74, 6) is -0.393. The van der Waals surface area contributed by atoms with Crippen LogP contribution in [0.4, 0.5) is 0 Å². The normalized spacial score (nSPS) is 34.5. The van der Waals surface area contributed by atoms with Crippen molar-refractivity contribution in [3.8, 4) is 0 Å². The van der Waals surface area contributed by atoms with Crippen molar-refractivity contribution in [1.82, 2.24) is 25.5 Å². The number of ether oxygens (including phenoxy) is 1. The fourth-order valence-electron chi connectivity index (χ4n) is 6.68. The lowest BCUT2D eigenvalue weighted by Gasteiger charge is -2.56. The van der Waals surface area contributed by atoms with E-state index in [1.54, 1.807) is 0 Å². The van der Waals surface area contributed by atoms with E-state index in [9.17, 15) is 14.7 Å². The van der Waals surface area contributed by atoms with Crippen molar-refractivity contribution < 1.29 is 19.4 Å². The first kappa shape index (κ1) is 26.0. The molecule has 2 aliphatic carbocycles. The zero-order valence-electron chi connectivity index (χ0n) is 21.3. The van der Waals surface area contributed by atoms with Gasteiger partial charge in [0.2, 0.25) is 5.91 Å². The van der Waals surface area contributed by atoms with E-state index in [-0.39, 0.29) is 46.9 Å². The number of nitrogens with one attached hydrogen (secondary N) is 2. The van der Waals surface area contributed by atoms with Gasteiger partial charge in [0.1, 0.15) is 6.33 Å². The average Bonchev–Trinajstić information content (AvgIpc) is 2.86. The Morgan fingerprint density at radius 2 is 1.91 bits per heavy atom. The fraction of sp³-hybridized carbons (Fsp3) is 0.769. The van der Waals surface area contributed by atoms with Crippen LogP contribution in [0.15, 0.2) is 18.7 Å². The predicted octanol–water partition coefficient (Wildman–Crippen LogP) is 1.48. The summed E-state index contributed by atoms with van der Waals surface area (Å²) in [7, 11) is 0. The van der Waals surface area contributed by atoms with Crippen LogP contribution in [0.1, 0.15) is 56.8 Å². The molecule has 2 saturated carbocycles. The number of hydrogen-bond donors (Lipinski definition) is 3. The zero-order valence-corrected chi connectivity index (χ0v) is 21.3. The molecule has 1 aliphatic heterocycles. The van der Waals surface area contributed by atoms with E-state index in [0.717, 1.165) is 58.5 Å². The predicted molar refractivity (Wildman–Crippen MR) is 131 cm³/mol. The summed E-state index contributed by atoms with van der Waals surface area (Å²) in [5, 5.41) is 17.8. The second kappa shape index (κ2) is 11.3. The minimum Gasteiger partial charge on any atom is -0.392 e. The molecule has 9 nitrogen and oxygen atoms in total. The van der Waals surface area contributed by atoms with Crippen molar-refractivity contribution in [3.63, 3.8) is 0 Å². The largest absolute Gasteiger partial charge is 0.392 e. The second-order valence-corrected chi connectivity index (χ2v) is 11.0. The molecule has 7 atom stereocenters. The molecule has 1 aromatic heterocycles. The number of nitrogens with zero attached hydrogens (tertiary/aromatic N) is 3. The lowest BCUT2D eigenvalue weighted by atomic mass is 9.51. The van der Waals surface area contributed by atoms with E-state index >= 15 is 0 Å². The minimum absolute atomic E-state index is 0.0128. The number of amides is 2. The van der Waals surface area contributed by atoms with Gasteiger partial charge >= 0.3 is 0 Å². The summed E-state index contributed by atoms with van der Waals surface area (Å²) in [6.45, 7) is 11.1. The van der Waals surface area contributed by atoms with Crippen molar-refractivity contribution in [2.24, 2.45) is 29.1 Å². The summed E-state index contributed by atoms with van der Waals surface area (Å²) in [4.78, 5) is 35.9. The summed E-state index contributed by atoms with van der Waals surface area (Å²) < 4.78 is 5.38. The van der Waals surface area contributed by atoms with Gasteiger partial charge in [0, 0.05) is 50.5 Å². The highest BCUT2D eigenvalue weighted by atomic mass is 16.5. The van der Waals surface area contributed by atoms with Crippen LogP contribution < -0.4 is 10.6 Å². The quantitative estimate of drug-likeness (QED) is 0.533. The number of fused-ring (bicyclic) bond motifs is 1. The van der Waals surface area contributed by atoms with E-state index < -0.39 is 6.10 Å². The maximum atomic E-state index is 13.0. The molecular formula is C26H41N5O4. The van der Waals surface area contributed by atoms with Crippen molar-refractivity contribution in [2.75, 3.05) is 39.4 Å². The van der Waals surface area contributed by atoms with Crippen LogP contribution in [0.25, 0.3) is 0 Å². The first-order valence-corrected chi connectivity index (χ1v) is 13.1. The Hall–Kier alpha value is -2.10. The third-order valence-corrected chi connectivity index (χ3v) is 8.91. The van der Waals surface area contributed by atoms with Gasteiger partial charge in [-0.25, -0.2) is 9.97 Å². The van der Waals surface area contributed by atoms with Gasteiger partial charge in [-0.3, -0.25) is 14.5 Å². The SMILES string of the molecule is C[C@@H]1[C@@H]2[C@@H](O)[C@@H]([C@H](C)C(=O)NCCN3CCOCC3)CC[C@]2(C)CC[C@@H]1NC(=O)c1cncnc1. The van der Waals surface area contributed by atoms with Gasteiger partial charge in [0.15, 0.2) is 0 Å². The smallest absolute Gasteiger partial charge is 0.254 e. The molecule has 3 N–H and O–H groups in total. The Balaban J connectivity index is 1.36. The zero-order chi connectivity index (χ0) is 25.0. The van der Waals surface area contributed by atoms with Crippen LogP contribution in [-0.2, 0) is 9.53 Å². The number of carbonyl (C=O) groups excluding carboxylic acids is 2. The molecule has 194 valence electrons. The van der Waals surface area contributed by atoms with Crippen molar-refractivity contribution >= 4 is 11.8 Å². The van der Waals surface area contributed by atoms with E-state index in [2.05, 4.69) is 39.3 Å². The summed E-state index contributed by atoms with van der Waals surface area (Å²) in [6.07, 6.45) is 7.52. The number of aliphatic hydroxyl groups excluding tert-OH is 1. The molecule has 0 aromatic carbocycles. The van der Waals surface area contributed by atoms with Crippen LogP contribution in [0.3, 0.4) is 0 Å². The van der Waals surface area contributed by atoms with Gasteiger partial charge in [-0.2, -0.15) is 0 Å². The van der Waals surface area contributed by atoms with Crippen molar-refractivity contribution in [3.05, 3.63) is 24.3 Å². The lowest BCUT2D eigenvalue weighted by molar-refractivity contribution is -0.142. The Kier molecular flexibility index (Phi) is 8.39. The van der Waals surface area contributed by atoms with Crippen LogP contribution in [-0.4, -0.2) is 83.3 Å². The van der Waals surface area contributed by atoms with Gasteiger partial charge in [-0.1, -0.05) is 20.8 Å². The molecule has 1 saturated heterocycles. The molecule has 0 spiro atoms. The molecule has 0 bridgehead atoms. The van der Waals surface area contributed by atoms with Crippen LogP contribution in [0.5, 0.6) is 0 Å². The van der Waals surface area contributed by atoms with Gasteiger partial charge < -0.3 is 20.5 Å². The molecule has 0 unspecified atom stereocenters. The molecule has 2 amide bonds. The first-order chi connectivity index (χ1) is 16.8. The molecule has 2 heterocycles. The Morgan fingerprint density at radius 1 is 1.23 bits per heavy atom. The van der Waals surface area contributed by atoms with Crippen LogP contribution in [0, 0.1) is 29.1 Å². The highest BCUT2D eigenvalue weighted by Gasteiger charge is 2.53. The van der Waals surface area contributed by atoms with Gasteiger partial charge in [0.05, 0.1) is 24.9 Å². The Morgan fingerprint density at radius 3 is 2.63 bits per heavy atom. The minimum atomic E-state index is -0.580. The summed E-state index contributed by atoms with van der Waals surface area (Å²) >= 11 is 0. The topological polar surface area (TPSA) is 117 Å². The number of carbonyl (C=O) groups is 2. The monoisotopic (exact) mass is 487 g/mol. The summed E-state index contributed by atoms with van der Waals surface area (Å²) in [5.41, 5.74) is 0.455. The van der Waals surface area contributed by atoms with E-state index in [0.29, 0.717) is 12.1 Å². The first-order valence-electron chi connectivity index (χ1n) is 13.1. The molecule has 4 rings (SSSR count). The van der Waals surface area contributed by atoms with Gasteiger partial charge in [-0.15, -0.1) is 0 Å². The Bertz CT molecular complexity index is 865. The van der Waals surface area contributed by atoms with Crippen LogP contribution >= 0.6 is 0 Å². The molecular weight excluding hydrogens is 446 g/mol. The maximum Gasteiger partial charge on any atom is 0.254 e. The average molecular weight is 488 g/mol. The number of aromatic nitrogens is 2. The van der Waals surface area contributed by atoms with E-state index in [4.69, 9.17) is 4.74 Å².